The number of nitrogens with one attached hydrogen (secondary N) is 1. The molecule has 0 aliphatic carbocycles. The lowest BCUT2D eigenvalue weighted by atomic mass is 10.00. The zero-order valence-electron chi connectivity index (χ0n) is 18.8. The van der Waals surface area contributed by atoms with Crippen molar-refractivity contribution in [2.45, 2.75) is 32.9 Å². The molecule has 0 unspecified atom stereocenters. The largest absolute Gasteiger partial charge is 0.322 e. The standard InChI is InChI=1S/C28H26ClN3O/c1-3-20-13-15-21(16-14-20)27-26-12-7-17-31(26)25-11-5-4-8-22(25)18-32(27)28(33)30-24-10-6-9-23(29)19(24)2/h4-17,27H,3,18H2,1-2H3,(H,30,33)/t27-/m1/s1. The summed E-state index contributed by atoms with van der Waals surface area (Å²) in [5.41, 5.74) is 7.19. The Balaban J connectivity index is 1.63. The van der Waals surface area contributed by atoms with E-state index in [1.165, 1.54) is 5.56 Å². The summed E-state index contributed by atoms with van der Waals surface area (Å²) in [6.45, 7) is 4.56. The van der Waals surface area contributed by atoms with Gasteiger partial charge in [0, 0.05) is 22.6 Å². The van der Waals surface area contributed by atoms with Crippen molar-refractivity contribution in [1.29, 1.82) is 0 Å². The highest BCUT2D eigenvalue weighted by Crippen LogP contribution is 2.37. The Morgan fingerprint density at radius 2 is 1.79 bits per heavy atom. The molecule has 5 rings (SSSR count). The van der Waals surface area contributed by atoms with Crippen molar-refractivity contribution in [3.8, 4) is 5.69 Å². The van der Waals surface area contributed by atoms with Gasteiger partial charge >= 0.3 is 6.03 Å². The van der Waals surface area contributed by atoms with Gasteiger partial charge in [0.1, 0.15) is 0 Å². The van der Waals surface area contributed by atoms with Crippen molar-refractivity contribution in [3.05, 3.63) is 118 Å². The molecule has 3 aromatic carbocycles. The lowest BCUT2D eigenvalue weighted by molar-refractivity contribution is 0.194. The number of rotatable bonds is 3. The number of amides is 2. The molecule has 1 aliphatic heterocycles. The molecule has 0 saturated carbocycles. The maximum Gasteiger partial charge on any atom is 0.322 e. The number of halogens is 1. The van der Waals surface area contributed by atoms with Crippen LogP contribution in [0.2, 0.25) is 5.02 Å². The van der Waals surface area contributed by atoms with Gasteiger partial charge in [0.05, 0.1) is 18.3 Å². The Hall–Kier alpha value is -3.50. The fourth-order valence-electron chi connectivity index (χ4n) is 4.56. The van der Waals surface area contributed by atoms with Crippen molar-refractivity contribution in [1.82, 2.24) is 9.47 Å². The summed E-state index contributed by atoms with van der Waals surface area (Å²) in [6, 6.07) is 26.2. The number of urea groups is 1. The van der Waals surface area contributed by atoms with E-state index in [4.69, 9.17) is 11.6 Å². The average Bonchev–Trinajstić information content (AvgIpc) is 3.26. The van der Waals surface area contributed by atoms with Crippen LogP contribution in [0.1, 0.15) is 40.9 Å². The number of aryl methyl sites for hydroxylation is 1. The van der Waals surface area contributed by atoms with Crippen LogP contribution in [0.25, 0.3) is 5.69 Å². The number of carbonyl (C=O) groups excluding carboxylic acids is 1. The van der Waals surface area contributed by atoms with Crippen LogP contribution in [-0.4, -0.2) is 15.5 Å². The fraction of sp³-hybridized carbons (Fsp3) is 0.179. The lowest BCUT2D eigenvalue weighted by Gasteiger charge is -2.31. The molecule has 0 saturated heterocycles. The number of hydrogen-bond acceptors (Lipinski definition) is 1. The van der Waals surface area contributed by atoms with E-state index in [-0.39, 0.29) is 12.1 Å². The van der Waals surface area contributed by atoms with Gasteiger partial charge in [-0.3, -0.25) is 0 Å². The first kappa shape index (κ1) is 21.4. The molecular formula is C28H26ClN3O. The molecule has 0 spiro atoms. The Morgan fingerprint density at radius 3 is 2.58 bits per heavy atom. The van der Waals surface area contributed by atoms with E-state index in [0.717, 1.165) is 40.2 Å². The molecule has 0 fully saturated rings. The zero-order valence-corrected chi connectivity index (χ0v) is 19.5. The first-order valence-corrected chi connectivity index (χ1v) is 11.6. The van der Waals surface area contributed by atoms with E-state index in [2.05, 4.69) is 65.5 Å². The van der Waals surface area contributed by atoms with Gasteiger partial charge in [0.15, 0.2) is 0 Å². The second-order valence-electron chi connectivity index (χ2n) is 8.40. The third kappa shape index (κ3) is 3.91. The van der Waals surface area contributed by atoms with Gasteiger partial charge in [0.2, 0.25) is 0 Å². The molecule has 1 aromatic heterocycles. The number of nitrogens with zero attached hydrogens (tertiary/aromatic N) is 2. The number of fused-ring (bicyclic) bond motifs is 3. The molecule has 4 nitrogen and oxygen atoms in total. The maximum atomic E-state index is 13.8. The molecule has 166 valence electrons. The van der Waals surface area contributed by atoms with E-state index in [9.17, 15) is 4.79 Å². The number of benzene rings is 3. The van der Waals surface area contributed by atoms with Crippen molar-refractivity contribution in [3.63, 3.8) is 0 Å². The van der Waals surface area contributed by atoms with Crippen LogP contribution in [-0.2, 0) is 13.0 Å². The van der Waals surface area contributed by atoms with Crippen LogP contribution in [0.15, 0.2) is 85.1 Å². The maximum absolute atomic E-state index is 13.8. The van der Waals surface area contributed by atoms with E-state index < -0.39 is 0 Å². The number of para-hydroxylation sites is 1. The van der Waals surface area contributed by atoms with Gasteiger partial charge in [-0.25, -0.2) is 4.79 Å². The summed E-state index contributed by atoms with van der Waals surface area (Å²) < 4.78 is 2.20. The highest BCUT2D eigenvalue weighted by molar-refractivity contribution is 6.31. The van der Waals surface area contributed by atoms with Crippen LogP contribution >= 0.6 is 11.6 Å². The second-order valence-corrected chi connectivity index (χ2v) is 8.81. The highest BCUT2D eigenvalue weighted by atomic mass is 35.5. The van der Waals surface area contributed by atoms with Crippen LogP contribution in [0.3, 0.4) is 0 Å². The molecule has 2 heterocycles. The third-order valence-corrected chi connectivity index (χ3v) is 6.85. The van der Waals surface area contributed by atoms with Crippen LogP contribution in [0, 0.1) is 6.92 Å². The first-order chi connectivity index (χ1) is 16.1. The Labute approximate surface area is 199 Å². The average molecular weight is 456 g/mol. The summed E-state index contributed by atoms with van der Waals surface area (Å²) in [5, 5.41) is 3.75. The van der Waals surface area contributed by atoms with Crippen molar-refractivity contribution in [2.24, 2.45) is 0 Å². The number of anilines is 1. The van der Waals surface area contributed by atoms with Crippen LogP contribution in [0.4, 0.5) is 10.5 Å². The molecule has 4 aromatic rings. The van der Waals surface area contributed by atoms with Gasteiger partial charge in [-0.1, -0.05) is 67.1 Å². The number of hydrogen-bond donors (Lipinski definition) is 1. The predicted molar refractivity (Wildman–Crippen MR) is 134 cm³/mol. The van der Waals surface area contributed by atoms with Crippen molar-refractivity contribution in [2.75, 3.05) is 5.32 Å². The van der Waals surface area contributed by atoms with Gasteiger partial charge in [0.25, 0.3) is 0 Å². The minimum atomic E-state index is -0.238. The van der Waals surface area contributed by atoms with Gasteiger partial charge in [-0.2, -0.15) is 0 Å². The topological polar surface area (TPSA) is 37.3 Å². The molecule has 1 aliphatic rings. The lowest BCUT2D eigenvalue weighted by Crippen LogP contribution is -2.38. The van der Waals surface area contributed by atoms with Gasteiger partial charge < -0.3 is 14.8 Å². The number of aromatic nitrogens is 1. The van der Waals surface area contributed by atoms with Crippen LogP contribution in [0.5, 0.6) is 0 Å². The Morgan fingerprint density at radius 1 is 1.00 bits per heavy atom. The molecule has 1 atom stereocenters. The monoisotopic (exact) mass is 455 g/mol. The van der Waals surface area contributed by atoms with Crippen LogP contribution < -0.4 is 5.32 Å². The van der Waals surface area contributed by atoms with E-state index in [1.807, 2.05) is 48.2 Å². The molecule has 33 heavy (non-hydrogen) atoms. The van der Waals surface area contributed by atoms with E-state index in [1.54, 1.807) is 0 Å². The summed E-state index contributed by atoms with van der Waals surface area (Å²) in [6.07, 6.45) is 3.05. The minimum absolute atomic E-state index is 0.158. The third-order valence-electron chi connectivity index (χ3n) is 6.44. The van der Waals surface area contributed by atoms with Gasteiger partial charge in [-0.15, -0.1) is 0 Å². The second kappa shape index (κ2) is 8.80. The zero-order chi connectivity index (χ0) is 22.9. The molecule has 0 radical (unpaired) electrons. The summed E-state index contributed by atoms with van der Waals surface area (Å²) >= 11 is 6.31. The highest BCUT2D eigenvalue weighted by Gasteiger charge is 2.33. The summed E-state index contributed by atoms with van der Waals surface area (Å²) in [4.78, 5) is 15.7. The molecule has 2 amide bonds. The summed E-state index contributed by atoms with van der Waals surface area (Å²) in [7, 11) is 0. The SMILES string of the molecule is CCc1ccc([C@@H]2c3cccn3-c3ccccc3CN2C(=O)Nc2cccc(Cl)c2C)cc1. The molecular weight excluding hydrogens is 430 g/mol. The molecule has 0 bridgehead atoms. The van der Waals surface area contributed by atoms with Gasteiger partial charge in [-0.05, 0) is 65.9 Å². The summed E-state index contributed by atoms with van der Waals surface area (Å²) in [5.74, 6) is 0. The quantitative estimate of drug-likeness (QED) is 0.350. The normalized spacial score (nSPS) is 14.9. The van der Waals surface area contributed by atoms with Crippen molar-refractivity contribution < 1.29 is 4.79 Å². The minimum Gasteiger partial charge on any atom is -0.318 e. The number of carbonyl (C=O) groups is 1. The van der Waals surface area contributed by atoms with E-state index >= 15 is 0 Å². The smallest absolute Gasteiger partial charge is 0.318 e. The molecule has 1 N–H and O–H groups in total. The van der Waals surface area contributed by atoms with E-state index in [0.29, 0.717) is 11.6 Å². The fourth-order valence-corrected chi connectivity index (χ4v) is 4.73. The molecule has 5 heteroatoms. The Bertz CT molecular complexity index is 1310. The first-order valence-electron chi connectivity index (χ1n) is 11.2. The van der Waals surface area contributed by atoms with Crippen molar-refractivity contribution >= 4 is 23.3 Å². The predicted octanol–water partition coefficient (Wildman–Crippen LogP) is 7.14. The Kier molecular flexibility index (Phi) is 5.69.